The van der Waals surface area contributed by atoms with Crippen molar-refractivity contribution in [1.82, 2.24) is 5.32 Å². The van der Waals surface area contributed by atoms with Gasteiger partial charge in [0.15, 0.2) is 11.3 Å². The van der Waals surface area contributed by atoms with Gasteiger partial charge in [-0.15, -0.1) is 0 Å². The third-order valence-electron chi connectivity index (χ3n) is 6.37. The van der Waals surface area contributed by atoms with E-state index in [1.807, 2.05) is 36.4 Å². The monoisotopic (exact) mass is 527 g/mol. The van der Waals surface area contributed by atoms with Crippen LogP contribution in [0.3, 0.4) is 0 Å². The Kier molecular flexibility index (Phi) is 8.56. The van der Waals surface area contributed by atoms with Crippen molar-refractivity contribution in [2.24, 2.45) is 0 Å². The zero-order chi connectivity index (χ0) is 27.9. The second-order valence-electron chi connectivity index (χ2n) is 9.14. The van der Waals surface area contributed by atoms with Crippen LogP contribution in [-0.4, -0.2) is 24.4 Å². The fourth-order valence-corrected chi connectivity index (χ4v) is 4.57. The van der Waals surface area contributed by atoms with Crippen LogP contribution in [0.15, 0.2) is 82.0 Å². The fraction of sp³-hybridized carbons (Fsp3) is 0.226. The average Bonchev–Trinajstić information content (AvgIpc) is 2.91. The highest BCUT2D eigenvalue weighted by atomic mass is 16.6. The molecule has 3 aromatic carbocycles. The van der Waals surface area contributed by atoms with E-state index in [2.05, 4.69) is 29.6 Å². The largest absolute Gasteiger partial charge is 0.423 e. The van der Waals surface area contributed by atoms with Gasteiger partial charge in [0.1, 0.15) is 0 Å². The molecule has 0 saturated heterocycles. The van der Waals surface area contributed by atoms with E-state index in [9.17, 15) is 19.2 Å². The van der Waals surface area contributed by atoms with Crippen molar-refractivity contribution in [1.29, 1.82) is 0 Å². The van der Waals surface area contributed by atoms with Crippen LogP contribution in [-0.2, 0) is 20.8 Å². The lowest BCUT2D eigenvalue weighted by atomic mass is 9.88. The van der Waals surface area contributed by atoms with Crippen molar-refractivity contribution in [3.8, 4) is 11.5 Å². The molecule has 1 heterocycles. The number of aryl methyl sites for hydroxylation is 1. The molecule has 0 unspecified atom stereocenters. The molecule has 0 bridgehead atoms. The van der Waals surface area contributed by atoms with Gasteiger partial charge < -0.3 is 19.2 Å². The number of ether oxygens (including phenoxy) is 2. The first kappa shape index (κ1) is 27.3. The van der Waals surface area contributed by atoms with Gasteiger partial charge in [0.25, 0.3) is 0 Å². The van der Waals surface area contributed by atoms with Gasteiger partial charge in [0, 0.05) is 31.7 Å². The summed E-state index contributed by atoms with van der Waals surface area (Å²) >= 11 is 0. The molecule has 0 aliphatic rings. The van der Waals surface area contributed by atoms with Gasteiger partial charge in [-0.2, -0.15) is 0 Å². The zero-order valence-corrected chi connectivity index (χ0v) is 22.0. The van der Waals surface area contributed by atoms with Crippen LogP contribution < -0.4 is 20.4 Å². The Bertz CT molecular complexity index is 1520. The summed E-state index contributed by atoms with van der Waals surface area (Å²) in [6.07, 6.45) is 0.496. The van der Waals surface area contributed by atoms with Gasteiger partial charge in [0.05, 0.1) is 12.0 Å². The highest BCUT2D eigenvalue weighted by Crippen LogP contribution is 2.37. The number of rotatable bonds is 9. The van der Waals surface area contributed by atoms with E-state index in [-0.39, 0.29) is 40.9 Å². The number of esters is 2. The highest BCUT2D eigenvalue weighted by molar-refractivity contribution is 5.92. The fourth-order valence-electron chi connectivity index (χ4n) is 4.57. The van der Waals surface area contributed by atoms with E-state index >= 15 is 0 Å². The van der Waals surface area contributed by atoms with Crippen LogP contribution in [0, 0.1) is 6.92 Å². The van der Waals surface area contributed by atoms with E-state index in [1.165, 1.54) is 19.9 Å². The normalized spacial score (nSPS) is 10.9. The summed E-state index contributed by atoms with van der Waals surface area (Å²) < 4.78 is 15.8. The molecular weight excluding hydrogens is 498 g/mol. The van der Waals surface area contributed by atoms with E-state index < -0.39 is 17.6 Å². The Morgan fingerprint density at radius 1 is 0.846 bits per heavy atom. The molecule has 200 valence electrons. The Hall–Kier alpha value is -4.72. The molecule has 0 aliphatic heterocycles. The second-order valence-corrected chi connectivity index (χ2v) is 9.14. The van der Waals surface area contributed by atoms with Crippen molar-refractivity contribution in [2.45, 2.75) is 39.5 Å². The minimum absolute atomic E-state index is 0.0378. The van der Waals surface area contributed by atoms with Crippen LogP contribution >= 0.6 is 0 Å². The number of fused-ring (bicyclic) bond motifs is 1. The molecule has 1 amide bonds. The molecule has 0 radical (unpaired) electrons. The van der Waals surface area contributed by atoms with Gasteiger partial charge in [-0.3, -0.25) is 14.4 Å². The van der Waals surface area contributed by atoms with E-state index in [0.29, 0.717) is 23.9 Å². The van der Waals surface area contributed by atoms with Gasteiger partial charge >= 0.3 is 17.6 Å². The van der Waals surface area contributed by atoms with Crippen molar-refractivity contribution < 1.29 is 28.3 Å². The summed E-state index contributed by atoms with van der Waals surface area (Å²) in [7, 11) is 0. The van der Waals surface area contributed by atoms with Crippen LogP contribution in [0.5, 0.6) is 11.5 Å². The number of carbonyl (C=O) groups is 3. The minimum atomic E-state index is -0.741. The summed E-state index contributed by atoms with van der Waals surface area (Å²) in [4.78, 5) is 49.0. The van der Waals surface area contributed by atoms with Crippen LogP contribution in [0.2, 0.25) is 0 Å². The van der Waals surface area contributed by atoms with Crippen LogP contribution in [0.1, 0.15) is 48.4 Å². The second kappa shape index (κ2) is 12.2. The van der Waals surface area contributed by atoms with Crippen molar-refractivity contribution in [3.05, 3.63) is 105 Å². The Morgan fingerprint density at radius 2 is 1.44 bits per heavy atom. The summed E-state index contributed by atoms with van der Waals surface area (Å²) in [6.45, 7) is 4.48. The van der Waals surface area contributed by atoms with Crippen molar-refractivity contribution >= 4 is 28.8 Å². The molecule has 39 heavy (non-hydrogen) atoms. The van der Waals surface area contributed by atoms with Crippen LogP contribution in [0.4, 0.5) is 0 Å². The molecule has 4 rings (SSSR count). The summed E-state index contributed by atoms with van der Waals surface area (Å²) in [6, 6.07) is 23.2. The molecule has 0 saturated carbocycles. The predicted octanol–water partition coefficient (Wildman–Crippen LogP) is 4.83. The topological polar surface area (TPSA) is 112 Å². The Morgan fingerprint density at radius 3 is 2.00 bits per heavy atom. The average molecular weight is 528 g/mol. The number of carbonyl (C=O) groups excluding carboxylic acids is 3. The minimum Gasteiger partial charge on any atom is -0.423 e. The molecular formula is C31H29NO7. The Labute approximate surface area is 225 Å². The summed E-state index contributed by atoms with van der Waals surface area (Å²) in [5.41, 5.74) is 2.22. The third-order valence-corrected chi connectivity index (χ3v) is 6.37. The van der Waals surface area contributed by atoms with E-state index in [1.54, 1.807) is 13.0 Å². The first-order valence-electron chi connectivity index (χ1n) is 12.6. The van der Waals surface area contributed by atoms with Gasteiger partial charge in [-0.1, -0.05) is 60.7 Å². The molecule has 0 fully saturated rings. The van der Waals surface area contributed by atoms with Crippen molar-refractivity contribution in [2.75, 3.05) is 6.54 Å². The maximum Gasteiger partial charge on any atom is 0.340 e. The molecule has 1 N–H and O–H groups in total. The molecule has 8 heteroatoms. The highest BCUT2D eigenvalue weighted by Gasteiger charge is 2.22. The third kappa shape index (κ3) is 6.59. The molecule has 1 aromatic heterocycles. The van der Waals surface area contributed by atoms with Gasteiger partial charge in [0.2, 0.25) is 11.7 Å². The molecule has 8 nitrogen and oxygen atoms in total. The Balaban J connectivity index is 1.53. The lowest BCUT2D eigenvalue weighted by Gasteiger charge is -2.18. The summed E-state index contributed by atoms with van der Waals surface area (Å²) in [5.74, 6) is -1.74. The summed E-state index contributed by atoms with van der Waals surface area (Å²) in [5, 5.41) is 3.38. The van der Waals surface area contributed by atoms with E-state index in [4.69, 9.17) is 13.9 Å². The standard InChI is InChI=1S/C31H29NO7/c1-19-24-14-15-27(37-20(2)33)30(38-21(3)34)29(24)39-31(36)26(19)18-28(35)32-17-16-25(22-10-6-4-7-11-22)23-12-8-5-9-13-23/h4-15,25H,16-18H2,1-3H3,(H,32,35). The SMILES string of the molecule is CC(=O)Oc1ccc2c(C)c(CC(=O)NCCC(c3ccccc3)c3ccccc3)c(=O)oc2c1OC(C)=O. The van der Waals surface area contributed by atoms with Crippen molar-refractivity contribution in [3.63, 3.8) is 0 Å². The number of hydrogen-bond acceptors (Lipinski definition) is 7. The molecule has 0 spiro atoms. The quantitative estimate of drug-likeness (QED) is 0.188. The first-order valence-corrected chi connectivity index (χ1v) is 12.6. The zero-order valence-electron chi connectivity index (χ0n) is 22.0. The van der Waals surface area contributed by atoms with Crippen LogP contribution in [0.25, 0.3) is 11.0 Å². The molecule has 0 atom stereocenters. The first-order chi connectivity index (χ1) is 18.7. The number of hydrogen-bond donors (Lipinski definition) is 1. The number of benzene rings is 3. The maximum absolute atomic E-state index is 12.9. The van der Waals surface area contributed by atoms with Gasteiger partial charge in [-0.25, -0.2) is 4.79 Å². The lowest BCUT2D eigenvalue weighted by Crippen LogP contribution is -2.29. The predicted molar refractivity (Wildman–Crippen MR) is 146 cm³/mol. The lowest BCUT2D eigenvalue weighted by molar-refractivity contribution is -0.134. The van der Waals surface area contributed by atoms with E-state index in [0.717, 1.165) is 11.1 Å². The molecule has 0 aliphatic carbocycles. The van der Waals surface area contributed by atoms with Gasteiger partial charge in [-0.05, 0) is 42.2 Å². The number of nitrogens with one attached hydrogen (secondary N) is 1. The smallest absolute Gasteiger partial charge is 0.340 e. The maximum atomic E-state index is 12.9. The molecule has 4 aromatic rings. The number of amides is 1.